The SMILES string of the molecule is CC(C)n1cc(OCc2cccc(CNC3CC3)n2)cn1. The molecule has 1 fully saturated rings. The van der Waals surface area contributed by atoms with Gasteiger partial charge >= 0.3 is 0 Å². The van der Waals surface area contributed by atoms with E-state index in [4.69, 9.17) is 4.74 Å². The molecule has 1 aliphatic rings. The molecule has 0 atom stereocenters. The monoisotopic (exact) mass is 286 g/mol. The molecule has 0 aliphatic heterocycles. The lowest BCUT2D eigenvalue weighted by molar-refractivity contribution is 0.300. The number of aromatic nitrogens is 3. The lowest BCUT2D eigenvalue weighted by atomic mass is 10.3. The molecule has 1 N–H and O–H groups in total. The molecule has 2 aromatic rings. The third-order valence-corrected chi connectivity index (χ3v) is 3.51. The number of hydrogen-bond acceptors (Lipinski definition) is 4. The smallest absolute Gasteiger partial charge is 0.157 e. The Morgan fingerprint density at radius 1 is 1.33 bits per heavy atom. The molecule has 5 nitrogen and oxygen atoms in total. The number of rotatable bonds is 7. The van der Waals surface area contributed by atoms with E-state index in [9.17, 15) is 0 Å². The Kier molecular flexibility index (Phi) is 4.20. The Morgan fingerprint density at radius 3 is 2.86 bits per heavy atom. The molecule has 112 valence electrons. The maximum absolute atomic E-state index is 5.75. The lowest BCUT2D eigenvalue weighted by Gasteiger charge is -2.07. The minimum atomic E-state index is 0.345. The third-order valence-electron chi connectivity index (χ3n) is 3.51. The number of nitrogens with zero attached hydrogens (tertiary/aromatic N) is 3. The van der Waals surface area contributed by atoms with Crippen molar-refractivity contribution < 1.29 is 4.74 Å². The van der Waals surface area contributed by atoms with Crippen molar-refractivity contribution in [3.63, 3.8) is 0 Å². The molecule has 0 aromatic carbocycles. The standard InChI is InChI=1S/C16H22N4O/c1-12(2)20-10-16(9-18-20)21-11-15-5-3-4-14(19-15)8-17-13-6-7-13/h3-5,9-10,12-13,17H,6-8,11H2,1-2H3. The Hall–Kier alpha value is -1.88. The highest BCUT2D eigenvalue weighted by molar-refractivity contribution is 5.15. The Morgan fingerprint density at radius 2 is 2.14 bits per heavy atom. The van der Waals surface area contributed by atoms with Crippen LogP contribution >= 0.6 is 0 Å². The van der Waals surface area contributed by atoms with E-state index in [1.807, 2.05) is 23.0 Å². The first-order valence-electron chi connectivity index (χ1n) is 7.56. The Bertz CT molecular complexity index is 589. The van der Waals surface area contributed by atoms with Gasteiger partial charge in [-0.25, -0.2) is 0 Å². The van der Waals surface area contributed by atoms with Crippen molar-refractivity contribution in [1.29, 1.82) is 0 Å². The van der Waals surface area contributed by atoms with Gasteiger partial charge in [-0.2, -0.15) is 5.10 Å². The highest BCUT2D eigenvalue weighted by Crippen LogP contribution is 2.19. The predicted molar refractivity (Wildman–Crippen MR) is 81.0 cm³/mol. The van der Waals surface area contributed by atoms with Crippen LogP contribution in [0.3, 0.4) is 0 Å². The van der Waals surface area contributed by atoms with E-state index in [1.54, 1.807) is 6.20 Å². The van der Waals surface area contributed by atoms with Gasteiger partial charge in [0.15, 0.2) is 5.75 Å². The Balaban J connectivity index is 1.54. The maximum atomic E-state index is 5.75. The van der Waals surface area contributed by atoms with Gasteiger partial charge in [0.25, 0.3) is 0 Å². The average Bonchev–Trinajstić information content (AvgIpc) is 3.19. The maximum Gasteiger partial charge on any atom is 0.157 e. The van der Waals surface area contributed by atoms with E-state index >= 15 is 0 Å². The normalized spacial score (nSPS) is 14.6. The fourth-order valence-corrected chi connectivity index (χ4v) is 2.08. The van der Waals surface area contributed by atoms with E-state index < -0.39 is 0 Å². The van der Waals surface area contributed by atoms with Crippen LogP contribution in [-0.4, -0.2) is 20.8 Å². The molecule has 2 aromatic heterocycles. The molecule has 0 bridgehead atoms. The zero-order valence-electron chi connectivity index (χ0n) is 12.6. The molecule has 21 heavy (non-hydrogen) atoms. The number of hydrogen-bond donors (Lipinski definition) is 1. The van der Waals surface area contributed by atoms with E-state index in [-0.39, 0.29) is 0 Å². The van der Waals surface area contributed by atoms with E-state index in [1.165, 1.54) is 12.8 Å². The number of nitrogens with one attached hydrogen (secondary N) is 1. The van der Waals surface area contributed by atoms with E-state index in [0.29, 0.717) is 18.7 Å². The highest BCUT2D eigenvalue weighted by atomic mass is 16.5. The third kappa shape index (κ3) is 4.04. The molecule has 1 aliphatic carbocycles. The second-order valence-corrected chi connectivity index (χ2v) is 5.81. The molecular formula is C16H22N4O. The zero-order valence-corrected chi connectivity index (χ0v) is 12.6. The molecule has 0 saturated heterocycles. The summed E-state index contributed by atoms with van der Waals surface area (Å²) < 4.78 is 7.64. The van der Waals surface area contributed by atoms with Crippen LogP contribution in [0.4, 0.5) is 0 Å². The number of ether oxygens (including phenoxy) is 1. The first-order valence-corrected chi connectivity index (χ1v) is 7.56. The van der Waals surface area contributed by atoms with Gasteiger partial charge in [0.2, 0.25) is 0 Å². The molecule has 0 unspecified atom stereocenters. The summed E-state index contributed by atoms with van der Waals surface area (Å²) in [6, 6.07) is 7.13. The summed E-state index contributed by atoms with van der Waals surface area (Å²) in [6.45, 7) is 5.49. The molecule has 1 saturated carbocycles. The molecule has 3 rings (SSSR count). The second-order valence-electron chi connectivity index (χ2n) is 5.81. The lowest BCUT2D eigenvalue weighted by Crippen LogP contribution is -2.16. The van der Waals surface area contributed by atoms with Crippen LogP contribution in [0.25, 0.3) is 0 Å². The van der Waals surface area contributed by atoms with Gasteiger partial charge in [0, 0.05) is 18.6 Å². The van der Waals surface area contributed by atoms with E-state index in [0.717, 1.165) is 23.7 Å². The molecule has 2 heterocycles. The van der Waals surface area contributed by atoms with Gasteiger partial charge in [0.1, 0.15) is 6.61 Å². The fourth-order valence-electron chi connectivity index (χ4n) is 2.08. The van der Waals surface area contributed by atoms with Crippen LogP contribution in [0.15, 0.2) is 30.6 Å². The van der Waals surface area contributed by atoms with Gasteiger partial charge in [-0.15, -0.1) is 0 Å². The summed E-state index contributed by atoms with van der Waals surface area (Å²) in [5.74, 6) is 0.784. The first-order chi connectivity index (χ1) is 10.2. The van der Waals surface area contributed by atoms with Crippen molar-refractivity contribution in [3.8, 4) is 5.75 Å². The quantitative estimate of drug-likeness (QED) is 0.850. The summed E-state index contributed by atoms with van der Waals surface area (Å²) in [7, 11) is 0. The summed E-state index contributed by atoms with van der Waals surface area (Å²) in [5.41, 5.74) is 2.02. The second kappa shape index (κ2) is 6.26. The Labute approximate surface area is 125 Å². The number of pyridine rings is 1. The molecule has 0 spiro atoms. The molecule has 0 amide bonds. The molecular weight excluding hydrogens is 264 g/mol. The van der Waals surface area contributed by atoms with Crippen molar-refractivity contribution in [2.75, 3.05) is 0 Å². The van der Waals surface area contributed by atoms with E-state index in [2.05, 4.69) is 35.3 Å². The molecule has 5 heteroatoms. The first kappa shape index (κ1) is 14.1. The van der Waals surface area contributed by atoms with Crippen molar-refractivity contribution in [2.45, 2.75) is 51.9 Å². The average molecular weight is 286 g/mol. The van der Waals surface area contributed by atoms with Gasteiger partial charge < -0.3 is 10.1 Å². The summed E-state index contributed by atoms with van der Waals surface area (Å²) in [5, 5.41) is 7.74. The molecule has 0 radical (unpaired) electrons. The van der Waals surface area contributed by atoms with Crippen LogP contribution in [0.1, 0.15) is 44.1 Å². The zero-order chi connectivity index (χ0) is 14.7. The fraction of sp³-hybridized carbons (Fsp3) is 0.500. The minimum absolute atomic E-state index is 0.345. The minimum Gasteiger partial charge on any atom is -0.484 e. The van der Waals surface area contributed by atoms with Crippen molar-refractivity contribution in [2.24, 2.45) is 0 Å². The van der Waals surface area contributed by atoms with Crippen LogP contribution in [0.5, 0.6) is 5.75 Å². The van der Waals surface area contributed by atoms with Crippen LogP contribution < -0.4 is 10.1 Å². The highest BCUT2D eigenvalue weighted by Gasteiger charge is 2.20. The topological polar surface area (TPSA) is 52.0 Å². The van der Waals surface area contributed by atoms with Crippen LogP contribution in [-0.2, 0) is 13.2 Å². The van der Waals surface area contributed by atoms with Gasteiger partial charge in [-0.05, 0) is 38.8 Å². The van der Waals surface area contributed by atoms with Crippen molar-refractivity contribution in [1.82, 2.24) is 20.1 Å². The van der Waals surface area contributed by atoms with Crippen molar-refractivity contribution >= 4 is 0 Å². The van der Waals surface area contributed by atoms with Crippen LogP contribution in [0.2, 0.25) is 0 Å². The summed E-state index contributed by atoms with van der Waals surface area (Å²) in [4.78, 5) is 4.61. The van der Waals surface area contributed by atoms with Crippen LogP contribution in [0, 0.1) is 0 Å². The van der Waals surface area contributed by atoms with Crippen molar-refractivity contribution in [3.05, 3.63) is 42.0 Å². The predicted octanol–water partition coefficient (Wildman–Crippen LogP) is 2.69. The van der Waals surface area contributed by atoms with Gasteiger partial charge in [-0.3, -0.25) is 9.67 Å². The largest absolute Gasteiger partial charge is 0.484 e. The van der Waals surface area contributed by atoms with Gasteiger partial charge in [-0.1, -0.05) is 6.07 Å². The summed E-state index contributed by atoms with van der Waals surface area (Å²) >= 11 is 0. The van der Waals surface area contributed by atoms with Gasteiger partial charge in [0.05, 0.1) is 23.8 Å². The summed E-state index contributed by atoms with van der Waals surface area (Å²) in [6.07, 6.45) is 6.26.